The highest BCUT2D eigenvalue weighted by Gasteiger charge is 2.25. The maximum Gasteiger partial charge on any atom is 0.263 e. The van der Waals surface area contributed by atoms with Gasteiger partial charge in [-0.15, -0.1) is 15.3 Å². The van der Waals surface area contributed by atoms with Crippen molar-refractivity contribution >= 4 is 11.7 Å². The molecule has 12 heteroatoms. The van der Waals surface area contributed by atoms with E-state index in [1.54, 1.807) is 18.2 Å². The van der Waals surface area contributed by atoms with Crippen LogP contribution in [-0.2, 0) is 6.42 Å². The lowest BCUT2D eigenvalue weighted by molar-refractivity contribution is 0.102. The summed E-state index contributed by atoms with van der Waals surface area (Å²) in [4.78, 5) is 22.0. The number of amides is 1. The molecule has 1 amide bonds. The van der Waals surface area contributed by atoms with Gasteiger partial charge in [-0.05, 0) is 31.5 Å². The Morgan fingerprint density at radius 1 is 1.03 bits per heavy atom. The number of hydrogen-bond acceptors (Lipinski definition) is 9. The summed E-state index contributed by atoms with van der Waals surface area (Å²) in [5, 5.41) is 15.8. The highest BCUT2D eigenvalue weighted by Crippen LogP contribution is 2.30. The van der Waals surface area contributed by atoms with Crippen molar-refractivity contribution in [3.8, 4) is 34.8 Å². The third-order valence-electron chi connectivity index (χ3n) is 5.79. The fraction of sp³-hybridized carbons (Fsp3) is 0.304. The third kappa shape index (κ3) is 4.03. The molecule has 0 aromatic carbocycles. The Hall–Kier alpha value is -4.48. The van der Waals surface area contributed by atoms with E-state index in [4.69, 9.17) is 14.2 Å². The first-order chi connectivity index (χ1) is 17.0. The molecule has 4 aromatic rings. The van der Waals surface area contributed by atoms with E-state index in [2.05, 4.69) is 42.1 Å². The number of fused-ring (bicyclic) bond motifs is 1. The Bertz CT molecular complexity index is 1400. The molecule has 0 saturated heterocycles. The Morgan fingerprint density at radius 3 is 2.63 bits per heavy atom. The van der Waals surface area contributed by atoms with Gasteiger partial charge < -0.3 is 24.1 Å². The summed E-state index contributed by atoms with van der Waals surface area (Å²) in [5.41, 5.74) is 1.36. The highest BCUT2D eigenvalue weighted by molar-refractivity contribution is 6.05. The molecule has 0 aliphatic carbocycles. The lowest BCUT2D eigenvalue weighted by atomic mass is 10.2. The molecule has 12 nitrogen and oxygen atoms in total. The first-order valence-corrected chi connectivity index (χ1v) is 11.0. The number of ether oxygens (including phenoxy) is 3. The number of nitrogens with one attached hydrogen (secondary N) is 1. The summed E-state index contributed by atoms with van der Waals surface area (Å²) in [6, 6.07) is 9.06. The van der Waals surface area contributed by atoms with Gasteiger partial charge in [0.25, 0.3) is 5.91 Å². The molecule has 180 valence electrons. The van der Waals surface area contributed by atoms with Gasteiger partial charge in [-0.25, -0.2) is 9.67 Å². The minimum absolute atomic E-state index is 0.139. The van der Waals surface area contributed by atoms with E-state index in [-0.39, 0.29) is 17.3 Å². The Balaban J connectivity index is 1.43. The lowest BCUT2D eigenvalue weighted by Gasteiger charge is -2.10. The number of carbonyl (C=O) groups is 1. The molecular weight excluding hydrogens is 452 g/mol. The number of aryl methyl sites for hydroxylation is 1. The first kappa shape index (κ1) is 22.3. The molecule has 0 spiro atoms. The second kappa shape index (κ2) is 9.05. The third-order valence-corrected chi connectivity index (χ3v) is 5.79. The van der Waals surface area contributed by atoms with E-state index in [1.807, 2.05) is 12.1 Å². The molecule has 4 aromatic heterocycles. The van der Waals surface area contributed by atoms with Gasteiger partial charge in [0.2, 0.25) is 17.6 Å². The topological polar surface area (TPSA) is 131 Å². The standard InChI is InChI=1S/C23H24N8O4/c1-13-8-10-18-27-28-20(31(13)18)15-6-5-7-17(24-15)25-21(32)14-12-30(29-22(14)34-3)16-9-11-19(33-2)26-23(16)35-4/h5-7,9,11-13H,8,10H2,1-4H3,(H,24,25,32)/t13-/m0/s1. The van der Waals surface area contributed by atoms with E-state index in [1.165, 1.54) is 32.2 Å². The molecule has 0 bridgehead atoms. The molecule has 0 radical (unpaired) electrons. The average molecular weight is 476 g/mol. The van der Waals surface area contributed by atoms with Crippen LogP contribution < -0.4 is 19.5 Å². The van der Waals surface area contributed by atoms with Crippen molar-refractivity contribution in [3.63, 3.8) is 0 Å². The molecule has 0 saturated carbocycles. The average Bonchev–Trinajstić information content (AvgIpc) is 3.60. The number of nitrogens with zero attached hydrogens (tertiary/aromatic N) is 7. The molecular formula is C23H24N8O4. The van der Waals surface area contributed by atoms with Gasteiger partial charge in [0, 0.05) is 24.7 Å². The SMILES string of the molecule is COc1ccc(-n2cc(C(=O)Nc3cccc(-c4nnc5n4[C@@H](C)CC5)n3)c(OC)n2)c(OC)n1. The van der Waals surface area contributed by atoms with E-state index in [9.17, 15) is 4.79 Å². The fourth-order valence-electron chi connectivity index (χ4n) is 4.05. The normalized spacial score (nSPS) is 14.5. The van der Waals surface area contributed by atoms with E-state index < -0.39 is 5.91 Å². The molecule has 0 unspecified atom stereocenters. The van der Waals surface area contributed by atoms with Gasteiger partial charge in [0.15, 0.2) is 5.82 Å². The van der Waals surface area contributed by atoms with Crippen molar-refractivity contribution in [2.45, 2.75) is 25.8 Å². The maximum atomic E-state index is 13.1. The van der Waals surface area contributed by atoms with Gasteiger partial charge in [0.05, 0.1) is 21.3 Å². The van der Waals surface area contributed by atoms with Gasteiger partial charge in [-0.3, -0.25) is 4.79 Å². The second-order valence-corrected chi connectivity index (χ2v) is 7.94. The summed E-state index contributed by atoms with van der Waals surface area (Å²) in [6.45, 7) is 2.13. The van der Waals surface area contributed by atoms with Crippen LogP contribution >= 0.6 is 0 Å². The zero-order valence-electron chi connectivity index (χ0n) is 19.7. The zero-order valence-corrected chi connectivity index (χ0v) is 19.7. The number of carbonyl (C=O) groups excluding carboxylic acids is 1. The number of pyridine rings is 2. The van der Waals surface area contributed by atoms with Crippen LogP contribution in [0.3, 0.4) is 0 Å². The predicted octanol–water partition coefficient (Wildman–Crippen LogP) is 2.71. The number of methoxy groups -OCH3 is 3. The van der Waals surface area contributed by atoms with E-state index in [0.717, 1.165) is 18.7 Å². The van der Waals surface area contributed by atoms with E-state index >= 15 is 0 Å². The summed E-state index contributed by atoms with van der Waals surface area (Å²) in [7, 11) is 4.45. The predicted molar refractivity (Wildman–Crippen MR) is 125 cm³/mol. The smallest absolute Gasteiger partial charge is 0.263 e. The molecule has 5 rings (SSSR count). The van der Waals surface area contributed by atoms with Crippen molar-refractivity contribution in [2.75, 3.05) is 26.6 Å². The Labute approximate surface area is 200 Å². The molecule has 5 heterocycles. The summed E-state index contributed by atoms with van der Waals surface area (Å²) >= 11 is 0. The van der Waals surface area contributed by atoms with Crippen LogP contribution in [-0.4, -0.2) is 61.7 Å². The molecule has 1 aliphatic rings. The van der Waals surface area contributed by atoms with Crippen LogP contribution in [0, 0.1) is 0 Å². The van der Waals surface area contributed by atoms with Gasteiger partial charge in [-0.2, -0.15) is 4.98 Å². The lowest BCUT2D eigenvalue weighted by Crippen LogP contribution is -2.14. The fourth-order valence-corrected chi connectivity index (χ4v) is 4.05. The molecule has 1 atom stereocenters. The van der Waals surface area contributed by atoms with Crippen LogP contribution in [0.5, 0.6) is 17.6 Å². The van der Waals surface area contributed by atoms with Crippen LogP contribution in [0.2, 0.25) is 0 Å². The summed E-state index contributed by atoms with van der Waals surface area (Å²) < 4.78 is 19.4. The van der Waals surface area contributed by atoms with Gasteiger partial charge in [0.1, 0.15) is 28.6 Å². The summed E-state index contributed by atoms with van der Waals surface area (Å²) in [5.74, 6) is 2.38. The highest BCUT2D eigenvalue weighted by atomic mass is 16.5. The minimum Gasteiger partial charge on any atom is -0.481 e. The molecule has 1 N–H and O–H groups in total. The Kier molecular flexibility index (Phi) is 5.77. The quantitative estimate of drug-likeness (QED) is 0.428. The first-order valence-electron chi connectivity index (χ1n) is 11.0. The number of anilines is 1. The molecule has 1 aliphatic heterocycles. The van der Waals surface area contributed by atoms with Crippen molar-refractivity contribution in [1.82, 2.24) is 34.5 Å². The van der Waals surface area contributed by atoms with Crippen LogP contribution in [0.4, 0.5) is 5.82 Å². The number of hydrogen-bond donors (Lipinski definition) is 1. The van der Waals surface area contributed by atoms with Crippen molar-refractivity contribution in [2.24, 2.45) is 0 Å². The van der Waals surface area contributed by atoms with Crippen LogP contribution in [0.1, 0.15) is 35.6 Å². The van der Waals surface area contributed by atoms with Crippen molar-refractivity contribution in [3.05, 3.63) is 47.9 Å². The molecule has 0 fully saturated rings. The number of rotatable bonds is 7. The largest absolute Gasteiger partial charge is 0.481 e. The van der Waals surface area contributed by atoms with Gasteiger partial charge >= 0.3 is 0 Å². The van der Waals surface area contributed by atoms with Crippen molar-refractivity contribution < 1.29 is 19.0 Å². The number of aromatic nitrogens is 7. The monoisotopic (exact) mass is 476 g/mol. The maximum absolute atomic E-state index is 13.1. The van der Waals surface area contributed by atoms with Crippen molar-refractivity contribution in [1.29, 1.82) is 0 Å². The zero-order chi connectivity index (χ0) is 24.5. The minimum atomic E-state index is -0.432. The van der Waals surface area contributed by atoms with E-state index in [0.29, 0.717) is 34.9 Å². The van der Waals surface area contributed by atoms with Crippen LogP contribution in [0.25, 0.3) is 17.2 Å². The Morgan fingerprint density at radius 2 is 1.86 bits per heavy atom. The second-order valence-electron chi connectivity index (χ2n) is 7.94. The van der Waals surface area contributed by atoms with Gasteiger partial charge in [-0.1, -0.05) is 6.07 Å². The van der Waals surface area contributed by atoms with Crippen LogP contribution in [0.15, 0.2) is 36.5 Å². The molecule has 35 heavy (non-hydrogen) atoms. The summed E-state index contributed by atoms with van der Waals surface area (Å²) in [6.07, 6.45) is 3.45.